The zero-order chi connectivity index (χ0) is 17.7. The highest BCUT2D eigenvalue weighted by Gasteiger charge is 2.09. The number of carbonyl (C=O) groups excluding carboxylic acids is 1. The summed E-state index contributed by atoms with van der Waals surface area (Å²) in [6.07, 6.45) is 0. The molecule has 5 nitrogen and oxygen atoms in total. The van der Waals surface area contributed by atoms with Gasteiger partial charge in [0, 0.05) is 10.0 Å². The molecule has 0 aromatic heterocycles. The SMILES string of the molecule is Cc1cccc(/C(N)=N/OC(=O)COc2cc(C)c(Br)cc2C)c1. The highest BCUT2D eigenvalue weighted by molar-refractivity contribution is 9.10. The number of nitrogens with zero attached hydrogens (tertiary/aromatic N) is 1. The van der Waals surface area contributed by atoms with Gasteiger partial charge in [-0.1, -0.05) is 44.8 Å². The lowest BCUT2D eigenvalue weighted by atomic mass is 10.1. The van der Waals surface area contributed by atoms with Crippen molar-refractivity contribution in [2.24, 2.45) is 10.9 Å². The maximum absolute atomic E-state index is 11.8. The fourth-order valence-electron chi connectivity index (χ4n) is 2.03. The molecule has 0 fully saturated rings. The van der Waals surface area contributed by atoms with Crippen LogP contribution in [0.5, 0.6) is 5.75 Å². The Hall–Kier alpha value is -2.34. The first-order chi connectivity index (χ1) is 11.4. The van der Waals surface area contributed by atoms with Gasteiger partial charge in [-0.3, -0.25) is 0 Å². The zero-order valence-electron chi connectivity index (χ0n) is 13.8. The highest BCUT2D eigenvalue weighted by atomic mass is 79.9. The van der Waals surface area contributed by atoms with E-state index in [0.717, 1.165) is 21.2 Å². The van der Waals surface area contributed by atoms with Gasteiger partial charge < -0.3 is 15.3 Å². The maximum Gasteiger partial charge on any atom is 0.372 e. The Balaban J connectivity index is 1.94. The van der Waals surface area contributed by atoms with Crippen molar-refractivity contribution < 1.29 is 14.4 Å². The van der Waals surface area contributed by atoms with Gasteiger partial charge in [0.25, 0.3) is 0 Å². The average molecular weight is 391 g/mol. The van der Waals surface area contributed by atoms with Crippen LogP contribution in [0.15, 0.2) is 46.0 Å². The standard InChI is InChI=1S/C18H19BrN2O3/c1-11-5-4-6-14(7-11)18(20)21-24-17(22)10-23-16-9-12(2)15(19)8-13(16)3/h4-9H,10H2,1-3H3,(H2,20,21). The van der Waals surface area contributed by atoms with Gasteiger partial charge in [0.05, 0.1) is 0 Å². The number of ether oxygens (including phenoxy) is 1. The van der Waals surface area contributed by atoms with E-state index in [4.69, 9.17) is 15.3 Å². The predicted molar refractivity (Wildman–Crippen MR) is 97.1 cm³/mol. The number of nitrogens with two attached hydrogens (primary N) is 1. The number of oxime groups is 1. The number of hydrogen-bond donors (Lipinski definition) is 1. The Morgan fingerprint density at radius 1 is 1.17 bits per heavy atom. The lowest BCUT2D eigenvalue weighted by Crippen LogP contribution is -2.18. The van der Waals surface area contributed by atoms with E-state index in [1.165, 1.54) is 0 Å². The van der Waals surface area contributed by atoms with E-state index in [9.17, 15) is 4.79 Å². The van der Waals surface area contributed by atoms with Gasteiger partial charge in [-0.25, -0.2) is 4.79 Å². The molecule has 0 saturated carbocycles. The highest BCUT2D eigenvalue weighted by Crippen LogP contribution is 2.26. The molecule has 2 aromatic carbocycles. The van der Waals surface area contributed by atoms with Crippen LogP contribution in [-0.2, 0) is 9.63 Å². The molecule has 0 aliphatic rings. The third kappa shape index (κ3) is 4.83. The summed E-state index contributed by atoms with van der Waals surface area (Å²) in [5.41, 5.74) is 9.49. The van der Waals surface area contributed by atoms with E-state index in [2.05, 4.69) is 21.1 Å². The molecule has 0 saturated heterocycles. The van der Waals surface area contributed by atoms with Crippen molar-refractivity contribution in [1.82, 2.24) is 0 Å². The summed E-state index contributed by atoms with van der Waals surface area (Å²) in [7, 11) is 0. The van der Waals surface area contributed by atoms with Gasteiger partial charge in [0.15, 0.2) is 12.4 Å². The third-order valence-corrected chi connectivity index (χ3v) is 4.22. The van der Waals surface area contributed by atoms with Crippen molar-refractivity contribution in [1.29, 1.82) is 0 Å². The van der Waals surface area contributed by atoms with E-state index in [0.29, 0.717) is 11.3 Å². The fourth-order valence-corrected chi connectivity index (χ4v) is 2.49. The molecular weight excluding hydrogens is 372 g/mol. The van der Waals surface area contributed by atoms with Gasteiger partial charge in [-0.2, -0.15) is 0 Å². The molecular formula is C18H19BrN2O3. The van der Waals surface area contributed by atoms with Crippen molar-refractivity contribution in [2.45, 2.75) is 20.8 Å². The van der Waals surface area contributed by atoms with Crippen molar-refractivity contribution in [3.8, 4) is 5.75 Å². The molecule has 0 spiro atoms. The lowest BCUT2D eigenvalue weighted by Gasteiger charge is -2.10. The third-order valence-electron chi connectivity index (χ3n) is 3.36. The molecule has 2 aromatic rings. The molecule has 2 N–H and O–H groups in total. The van der Waals surface area contributed by atoms with Crippen LogP contribution in [0, 0.1) is 20.8 Å². The summed E-state index contributed by atoms with van der Waals surface area (Å²) in [5, 5.41) is 3.66. The van der Waals surface area contributed by atoms with Crippen LogP contribution >= 0.6 is 15.9 Å². The smallest absolute Gasteiger partial charge is 0.372 e. The molecule has 0 amide bonds. The van der Waals surface area contributed by atoms with Crippen LogP contribution in [0.2, 0.25) is 0 Å². The van der Waals surface area contributed by atoms with Crippen LogP contribution in [0.25, 0.3) is 0 Å². The van der Waals surface area contributed by atoms with Gasteiger partial charge in [0.2, 0.25) is 0 Å². The van der Waals surface area contributed by atoms with Crippen molar-refractivity contribution in [3.05, 3.63) is 63.1 Å². The number of hydrogen-bond acceptors (Lipinski definition) is 4. The Morgan fingerprint density at radius 2 is 1.92 bits per heavy atom. The van der Waals surface area contributed by atoms with Gasteiger partial charge in [0.1, 0.15) is 5.75 Å². The van der Waals surface area contributed by atoms with E-state index < -0.39 is 5.97 Å². The summed E-state index contributed by atoms with van der Waals surface area (Å²) in [6, 6.07) is 11.2. The minimum atomic E-state index is -0.620. The molecule has 6 heteroatoms. The van der Waals surface area contributed by atoms with Crippen LogP contribution < -0.4 is 10.5 Å². The summed E-state index contributed by atoms with van der Waals surface area (Å²) >= 11 is 3.45. The minimum Gasteiger partial charge on any atom is -0.482 e. The Morgan fingerprint density at radius 3 is 2.62 bits per heavy atom. The van der Waals surface area contributed by atoms with Crippen LogP contribution in [0.4, 0.5) is 0 Å². The topological polar surface area (TPSA) is 73.9 Å². The van der Waals surface area contributed by atoms with E-state index in [-0.39, 0.29) is 12.4 Å². The van der Waals surface area contributed by atoms with Crippen LogP contribution in [-0.4, -0.2) is 18.4 Å². The van der Waals surface area contributed by atoms with E-state index in [1.807, 2.05) is 51.1 Å². The zero-order valence-corrected chi connectivity index (χ0v) is 15.4. The summed E-state index contributed by atoms with van der Waals surface area (Å²) < 4.78 is 6.48. The average Bonchev–Trinajstić information content (AvgIpc) is 2.54. The van der Waals surface area contributed by atoms with Crippen LogP contribution in [0.1, 0.15) is 22.3 Å². The van der Waals surface area contributed by atoms with Crippen LogP contribution in [0.3, 0.4) is 0 Å². The van der Waals surface area contributed by atoms with Crippen molar-refractivity contribution in [3.63, 3.8) is 0 Å². The summed E-state index contributed by atoms with van der Waals surface area (Å²) in [4.78, 5) is 16.6. The Bertz CT molecular complexity index is 788. The van der Waals surface area contributed by atoms with Gasteiger partial charge >= 0.3 is 5.97 Å². The first-order valence-electron chi connectivity index (χ1n) is 7.36. The molecule has 0 heterocycles. The maximum atomic E-state index is 11.8. The number of amidine groups is 1. The van der Waals surface area contributed by atoms with Gasteiger partial charge in [-0.05, 0) is 50.1 Å². The first kappa shape index (κ1) is 18.0. The van der Waals surface area contributed by atoms with Crippen molar-refractivity contribution >= 4 is 27.7 Å². The number of benzene rings is 2. The normalized spacial score (nSPS) is 11.2. The molecule has 24 heavy (non-hydrogen) atoms. The summed E-state index contributed by atoms with van der Waals surface area (Å²) in [6.45, 7) is 5.55. The molecule has 0 aliphatic heterocycles. The quantitative estimate of drug-likeness (QED) is 0.366. The van der Waals surface area contributed by atoms with Gasteiger partial charge in [-0.15, -0.1) is 0 Å². The fraction of sp³-hybridized carbons (Fsp3) is 0.222. The summed E-state index contributed by atoms with van der Waals surface area (Å²) in [5.74, 6) is 0.150. The molecule has 2 rings (SSSR count). The second-order valence-electron chi connectivity index (χ2n) is 5.46. The second kappa shape index (κ2) is 7.97. The minimum absolute atomic E-state index is 0.141. The number of carbonyl (C=O) groups is 1. The number of halogens is 1. The number of aryl methyl sites for hydroxylation is 3. The molecule has 0 bridgehead atoms. The molecule has 0 atom stereocenters. The van der Waals surface area contributed by atoms with Crippen molar-refractivity contribution in [2.75, 3.05) is 6.61 Å². The largest absolute Gasteiger partial charge is 0.482 e. The molecule has 0 unspecified atom stereocenters. The predicted octanol–water partition coefficient (Wildman–Crippen LogP) is 3.62. The second-order valence-corrected chi connectivity index (χ2v) is 6.32. The Kier molecular flexibility index (Phi) is 5.98. The van der Waals surface area contributed by atoms with E-state index >= 15 is 0 Å². The lowest BCUT2D eigenvalue weighted by molar-refractivity contribution is -0.146. The molecule has 126 valence electrons. The number of rotatable bonds is 5. The first-order valence-corrected chi connectivity index (χ1v) is 8.16. The Labute approximate surface area is 149 Å². The molecule has 0 aliphatic carbocycles. The van der Waals surface area contributed by atoms with E-state index in [1.54, 1.807) is 6.07 Å². The molecule has 0 radical (unpaired) electrons. The monoisotopic (exact) mass is 390 g/mol.